The molecule has 1 aliphatic heterocycles. The summed E-state index contributed by atoms with van der Waals surface area (Å²) in [5.74, 6) is 0. The molecular formula is C9H15F2N. The quantitative estimate of drug-likeness (QED) is 0.623. The monoisotopic (exact) mass is 175 g/mol. The van der Waals surface area contributed by atoms with Crippen LogP contribution in [0.25, 0.3) is 0 Å². The maximum atomic E-state index is 12.3. The van der Waals surface area contributed by atoms with E-state index in [4.69, 9.17) is 0 Å². The molecule has 0 spiro atoms. The van der Waals surface area contributed by atoms with Crippen molar-refractivity contribution in [3.8, 4) is 0 Å². The van der Waals surface area contributed by atoms with E-state index in [1.54, 1.807) is 0 Å². The van der Waals surface area contributed by atoms with Gasteiger partial charge in [0.1, 0.15) is 0 Å². The van der Waals surface area contributed by atoms with Crippen LogP contribution < -0.4 is 0 Å². The zero-order chi connectivity index (χ0) is 9.14. The number of hydrogen-bond acceptors (Lipinski definition) is 1. The molecule has 1 fully saturated rings. The highest BCUT2D eigenvalue weighted by atomic mass is 19.3. The van der Waals surface area contributed by atoms with E-state index in [-0.39, 0.29) is 6.04 Å². The molecule has 0 aromatic heterocycles. The Balaban J connectivity index is 2.71. The van der Waals surface area contributed by atoms with Crippen LogP contribution in [0.1, 0.15) is 26.2 Å². The summed E-state index contributed by atoms with van der Waals surface area (Å²) >= 11 is 0. The minimum atomic E-state index is -1.46. The number of hydrogen-bond donors (Lipinski definition) is 0. The van der Waals surface area contributed by atoms with Crippen molar-refractivity contribution in [1.82, 2.24) is 4.90 Å². The Morgan fingerprint density at radius 1 is 1.58 bits per heavy atom. The molecule has 0 N–H and O–H groups in total. The van der Waals surface area contributed by atoms with Gasteiger partial charge in [-0.1, -0.05) is 13.3 Å². The van der Waals surface area contributed by atoms with Gasteiger partial charge in [-0.25, -0.2) is 0 Å². The Labute approximate surface area is 72.1 Å². The van der Waals surface area contributed by atoms with Crippen molar-refractivity contribution in [3.63, 3.8) is 0 Å². The van der Waals surface area contributed by atoms with Crippen molar-refractivity contribution < 1.29 is 8.78 Å². The number of halogens is 2. The Kier molecular flexibility index (Phi) is 3.20. The Morgan fingerprint density at radius 3 is 2.75 bits per heavy atom. The minimum Gasteiger partial charge on any atom is -0.299 e. The predicted octanol–water partition coefficient (Wildman–Crippen LogP) is 2.64. The lowest BCUT2D eigenvalue weighted by atomic mass is 10.1. The van der Waals surface area contributed by atoms with Crippen molar-refractivity contribution in [2.24, 2.45) is 0 Å². The maximum absolute atomic E-state index is 12.3. The van der Waals surface area contributed by atoms with Gasteiger partial charge in [-0.3, -0.25) is 4.90 Å². The molecule has 0 radical (unpaired) electrons. The average Bonchev–Trinajstić information content (AvgIpc) is 2.34. The molecule has 1 aliphatic rings. The summed E-state index contributed by atoms with van der Waals surface area (Å²) in [4.78, 5) is 2.01. The van der Waals surface area contributed by atoms with Crippen molar-refractivity contribution in [2.75, 3.05) is 13.6 Å². The first kappa shape index (κ1) is 9.65. The molecule has 70 valence electrons. The molecule has 1 rings (SSSR count). The van der Waals surface area contributed by atoms with E-state index >= 15 is 0 Å². The summed E-state index contributed by atoms with van der Waals surface area (Å²) < 4.78 is 24.7. The van der Waals surface area contributed by atoms with Crippen LogP contribution in [0, 0.1) is 0 Å². The van der Waals surface area contributed by atoms with E-state index < -0.39 is 6.08 Å². The molecule has 1 nitrogen and oxygen atoms in total. The fourth-order valence-corrected chi connectivity index (χ4v) is 1.77. The average molecular weight is 175 g/mol. The van der Waals surface area contributed by atoms with E-state index in [0.29, 0.717) is 12.0 Å². The van der Waals surface area contributed by atoms with E-state index in [9.17, 15) is 8.78 Å². The summed E-state index contributed by atoms with van der Waals surface area (Å²) in [5.41, 5.74) is 0.361. The molecule has 0 saturated carbocycles. The molecule has 0 aromatic carbocycles. The van der Waals surface area contributed by atoms with E-state index in [1.807, 2.05) is 18.9 Å². The van der Waals surface area contributed by atoms with Crippen LogP contribution in [0.2, 0.25) is 0 Å². The molecular weight excluding hydrogens is 160 g/mol. The van der Waals surface area contributed by atoms with Gasteiger partial charge in [0.05, 0.1) is 0 Å². The third kappa shape index (κ3) is 1.83. The SMILES string of the molecule is CCCC1C(=C(F)F)CCN1C. The van der Waals surface area contributed by atoms with E-state index in [0.717, 1.165) is 19.4 Å². The molecule has 1 atom stereocenters. The lowest BCUT2D eigenvalue weighted by Gasteiger charge is -2.18. The number of likely N-dealkylation sites (N-methyl/N-ethyl adjacent to an activating group) is 1. The molecule has 0 aliphatic carbocycles. The van der Waals surface area contributed by atoms with Crippen LogP contribution in [0.5, 0.6) is 0 Å². The highest BCUT2D eigenvalue weighted by molar-refractivity contribution is 5.16. The molecule has 0 aromatic rings. The lowest BCUT2D eigenvalue weighted by Crippen LogP contribution is -2.25. The normalized spacial score (nSPS) is 25.0. The van der Waals surface area contributed by atoms with Crippen LogP contribution in [0.4, 0.5) is 8.78 Å². The second-order valence-corrected chi connectivity index (χ2v) is 3.32. The standard InChI is InChI=1S/C9H15F2N/c1-3-4-8-7(9(10)11)5-6-12(8)2/h8H,3-6H2,1-2H3. The fourth-order valence-electron chi connectivity index (χ4n) is 1.77. The highest BCUT2D eigenvalue weighted by Gasteiger charge is 2.28. The smallest absolute Gasteiger partial charge is 0.271 e. The Morgan fingerprint density at radius 2 is 2.25 bits per heavy atom. The summed E-state index contributed by atoms with van der Waals surface area (Å²) in [5, 5.41) is 0. The fraction of sp³-hybridized carbons (Fsp3) is 0.778. The van der Waals surface area contributed by atoms with Crippen molar-refractivity contribution in [1.29, 1.82) is 0 Å². The van der Waals surface area contributed by atoms with Crippen LogP contribution in [0.15, 0.2) is 11.7 Å². The maximum Gasteiger partial charge on any atom is 0.271 e. The zero-order valence-corrected chi connectivity index (χ0v) is 7.61. The molecule has 1 saturated heterocycles. The number of nitrogens with zero attached hydrogens (tertiary/aromatic N) is 1. The molecule has 1 unspecified atom stereocenters. The zero-order valence-electron chi connectivity index (χ0n) is 7.61. The third-order valence-electron chi connectivity index (χ3n) is 2.47. The van der Waals surface area contributed by atoms with Crippen LogP contribution >= 0.6 is 0 Å². The number of likely N-dealkylation sites (tertiary alicyclic amines) is 1. The van der Waals surface area contributed by atoms with Gasteiger partial charge in [-0.2, -0.15) is 8.78 Å². The van der Waals surface area contributed by atoms with Gasteiger partial charge in [0.15, 0.2) is 0 Å². The lowest BCUT2D eigenvalue weighted by molar-refractivity contribution is 0.304. The van der Waals surface area contributed by atoms with Gasteiger partial charge in [-0.05, 0) is 19.9 Å². The third-order valence-corrected chi connectivity index (χ3v) is 2.47. The molecule has 0 amide bonds. The van der Waals surface area contributed by atoms with Gasteiger partial charge in [0, 0.05) is 18.2 Å². The largest absolute Gasteiger partial charge is 0.299 e. The Hall–Kier alpha value is -0.440. The summed E-state index contributed by atoms with van der Waals surface area (Å²) in [6, 6.07) is -0.000000000000000666. The molecule has 12 heavy (non-hydrogen) atoms. The second-order valence-electron chi connectivity index (χ2n) is 3.32. The molecule has 1 heterocycles. The first-order valence-corrected chi connectivity index (χ1v) is 4.41. The summed E-state index contributed by atoms with van der Waals surface area (Å²) in [6.07, 6.45) is 0.899. The predicted molar refractivity (Wildman–Crippen MR) is 45.2 cm³/mol. The molecule has 3 heteroatoms. The number of rotatable bonds is 2. The Bertz CT molecular complexity index is 185. The first-order chi connectivity index (χ1) is 5.66. The molecule has 0 bridgehead atoms. The highest BCUT2D eigenvalue weighted by Crippen LogP contribution is 2.29. The summed E-state index contributed by atoms with van der Waals surface area (Å²) in [6.45, 7) is 2.80. The summed E-state index contributed by atoms with van der Waals surface area (Å²) in [7, 11) is 1.91. The van der Waals surface area contributed by atoms with E-state index in [1.165, 1.54) is 0 Å². The van der Waals surface area contributed by atoms with Gasteiger partial charge in [-0.15, -0.1) is 0 Å². The minimum absolute atomic E-state index is 0.000000000000000666. The van der Waals surface area contributed by atoms with E-state index in [2.05, 4.69) is 0 Å². The topological polar surface area (TPSA) is 3.24 Å². The second kappa shape index (κ2) is 3.99. The van der Waals surface area contributed by atoms with Crippen LogP contribution in [-0.2, 0) is 0 Å². The van der Waals surface area contributed by atoms with Crippen LogP contribution in [-0.4, -0.2) is 24.5 Å². The van der Waals surface area contributed by atoms with Gasteiger partial charge >= 0.3 is 0 Å². The van der Waals surface area contributed by atoms with Crippen LogP contribution in [0.3, 0.4) is 0 Å². The van der Waals surface area contributed by atoms with Gasteiger partial charge in [0.2, 0.25) is 0 Å². The van der Waals surface area contributed by atoms with Crippen molar-refractivity contribution in [2.45, 2.75) is 32.2 Å². The van der Waals surface area contributed by atoms with Crippen molar-refractivity contribution in [3.05, 3.63) is 11.7 Å². The van der Waals surface area contributed by atoms with Gasteiger partial charge in [0.25, 0.3) is 6.08 Å². The first-order valence-electron chi connectivity index (χ1n) is 4.41. The van der Waals surface area contributed by atoms with Crippen molar-refractivity contribution >= 4 is 0 Å². The van der Waals surface area contributed by atoms with Gasteiger partial charge < -0.3 is 0 Å².